The minimum Gasteiger partial charge on any atom is -0.598 e. The molecule has 26 heavy (non-hydrogen) atoms. The van der Waals surface area contributed by atoms with Crippen molar-refractivity contribution in [2.24, 2.45) is 0 Å². The number of hydrogen-bond acceptors (Lipinski definition) is 5. The van der Waals surface area contributed by atoms with Gasteiger partial charge >= 0.3 is 0 Å². The second-order valence-electron chi connectivity index (χ2n) is 7.43. The average Bonchev–Trinajstić information content (AvgIpc) is 3.25. The normalized spacial score (nSPS) is 19.5. The maximum absolute atomic E-state index is 12.9. The molecular weight excluding hydrogens is 434 g/mol. The van der Waals surface area contributed by atoms with Gasteiger partial charge in [0, 0.05) is 15.8 Å². The monoisotopic (exact) mass is 457 g/mol. The van der Waals surface area contributed by atoms with Gasteiger partial charge in [-0.25, -0.2) is 0 Å². The van der Waals surface area contributed by atoms with Crippen LogP contribution in [0.5, 0.6) is 0 Å². The van der Waals surface area contributed by atoms with E-state index in [1.54, 1.807) is 11.3 Å². The Balaban J connectivity index is 2.00. The van der Waals surface area contributed by atoms with Gasteiger partial charge in [-0.15, -0.1) is 16.1 Å². The molecule has 1 fully saturated rings. The number of ether oxygens (including phenoxy) is 2. The molecule has 1 N–H and O–H groups in total. The van der Waals surface area contributed by atoms with Gasteiger partial charge in [0.15, 0.2) is 6.29 Å². The first kappa shape index (κ1) is 20.3. The minimum atomic E-state index is -1.23. The molecule has 142 valence electrons. The molecule has 4 nitrogen and oxygen atoms in total. The van der Waals surface area contributed by atoms with Crippen LogP contribution in [-0.2, 0) is 26.4 Å². The Morgan fingerprint density at radius 2 is 1.85 bits per heavy atom. The molecule has 0 saturated carbocycles. The summed E-state index contributed by atoms with van der Waals surface area (Å²) in [5.41, 5.74) is 1.49. The molecule has 0 amide bonds. The fourth-order valence-corrected chi connectivity index (χ4v) is 5.00. The quantitative estimate of drug-likeness (QED) is 0.650. The van der Waals surface area contributed by atoms with Gasteiger partial charge in [0.1, 0.15) is 10.3 Å². The summed E-state index contributed by atoms with van der Waals surface area (Å²) in [5, 5.41) is 2.09. The van der Waals surface area contributed by atoms with Crippen molar-refractivity contribution >= 4 is 38.6 Å². The highest BCUT2D eigenvalue weighted by Crippen LogP contribution is 2.38. The van der Waals surface area contributed by atoms with Gasteiger partial charge in [0.05, 0.1) is 18.1 Å². The van der Waals surface area contributed by atoms with E-state index in [1.807, 2.05) is 32.9 Å². The van der Waals surface area contributed by atoms with Crippen LogP contribution < -0.4 is 4.72 Å². The molecule has 1 aliphatic rings. The van der Waals surface area contributed by atoms with Gasteiger partial charge in [0.25, 0.3) is 0 Å². The first-order chi connectivity index (χ1) is 12.2. The van der Waals surface area contributed by atoms with Crippen LogP contribution in [0.4, 0.5) is 0 Å². The van der Waals surface area contributed by atoms with Gasteiger partial charge in [-0.3, -0.25) is 0 Å². The summed E-state index contributed by atoms with van der Waals surface area (Å²) >= 11 is 3.93. The highest BCUT2D eigenvalue weighted by Gasteiger charge is 2.39. The fraction of sp³-hybridized carbons (Fsp3) is 0.474. The lowest BCUT2D eigenvalue weighted by atomic mass is 9.87. The molecule has 2 heterocycles. The molecular formula is C19H24BrNO3S2. The highest BCUT2D eigenvalue weighted by atomic mass is 79.9. The average molecular weight is 458 g/mol. The molecule has 1 aliphatic heterocycles. The zero-order chi connectivity index (χ0) is 18.9. The first-order valence-corrected chi connectivity index (χ1v) is 11.3. The van der Waals surface area contributed by atoms with E-state index in [2.05, 4.69) is 51.2 Å². The summed E-state index contributed by atoms with van der Waals surface area (Å²) < 4.78 is 28.2. The lowest BCUT2D eigenvalue weighted by molar-refractivity contribution is -0.0413. The Morgan fingerprint density at radius 3 is 2.46 bits per heavy atom. The third kappa shape index (κ3) is 4.35. The Bertz CT molecular complexity index is 755. The molecule has 1 aromatic heterocycles. The van der Waals surface area contributed by atoms with E-state index >= 15 is 0 Å². The van der Waals surface area contributed by atoms with Crippen LogP contribution in [0.1, 0.15) is 50.0 Å². The third-order valence-electron chi connectivity index (χ3n) is 4.31. The number of nitrogens with one attached hydrogen (secondary N) is 1. The van der Waals surface area contributed by atoms with Crippen LogP contribution in [0.3, 0.4) is 0 Å². The number of halogens is 1. The fourth-order valence-electron chi connectivity index (χ4n) is 2.68. The van der Waals surface area contributed by atoms with Crippen LogP contribution in [0.15, 0.2) is 40.2 Å². The van der Waals surface area contributed by atoms with Crippen LogP contribution in [-0.4, -0.2) is 22.5 Å². The summed E-state index contributed by atoms with van der Waals surface area (Å²) in [7, 11) is 0. The largest absolute Gasteiger partial charge is 0.598 e. The van der Waals surface area contributed by atoms with Crippen molar-refractivity contribution in [1.82, 2.24) is 4.72 Å². The van der Waals surface area contributed by atoms with E-state index < -0.39 is 16.9 Å². The molecule has 2 atom stereocenters. The molecule has 1 aromatic carbocycles. The van der Waals surface area contributed by atoms with Crippen molar-refractivity contribution < 1.29 is 14.0 Å². The predicted octanol–water partition coefficient (Wildman–Crippen LogP) is 4.87. The van der Waals surface area contributed by atoms with E-state index in [0.717, 1.165) is 20.5 Å². The summed E-state index contributed by atoms with van der Waals surface area (Å²) in [5.74, 6) is 0. The van der Waals surface area contributed by atoms with Gasteiger partial charge in [-0.2, -0.15) is 0 Å². The Morgan fingerprint density at radius 1 is 1.15 bits per heavy atom. The van der Waals surface area contributed by atoms with E-state index in [4.69, 9.17) is 9.47 Å². The van der Waals surface area contributed by atoms with Gasteiger partial charge < -0.3 is 14.0 Å². The van der Waals surface area contributed by atoms with Gasteiger partial charge in [0.2, 0.25) is 0 Å². The van der Waals surface area contributed by atoms with E-state index in [9.17, 15) is 4.55 Å². The maximum Gasteiger partial charge on any atom is 0.193 e. The predicted molar refractivity (Wildman–Crippen MR) is 111 cm³/mol. The van der Waals surface area contributed by atoms with Crippen molar-refractivity contribution in [3.05, 3.63) is 56.2 Å². The summed E-state index contributed by atoms with van der Waals surface area (Å²) in [6.07, 6.45) is -0.298. The minimum absolute atomic E-state index is 0.298. The van der Waals surface area contributed by atoms with E-state index in [-0.39, 0.29) is 11.0 Å². The van der Waals surface area contributed by atoms with E-state index in [1.165, 1.54) is 0 Å². The van der Waals surface area contributed by atoms with Crippen molar-refractivity contribution in [3.8, 4) is 0 Å². The lowest BCUT2D eigenvalue weighted by Crippen LogP contribution is -2.50. The SMILES string of the molecule is CC(C)(C)[S@@+]([O-])N[C@](C)(c1cccc(Br)c1)c1csc(C2OCCO2)c1. The zero-order valence-corrected chi connectivity index (χ0v) is 18.6. The zero-order valence-electron chi connectivity index (χ0n) is 15.4. The topological polar surface area (TPSA) is 53.5 Å². The van der Waals surface area contributed by atoms with Crippen molar-refractivity contribution in [3.63, 3.8) is 0 Å². The molecule has 0 spiro atoms. The van der Waals surface area contributed by atoms with E-state index in [0.29, 0.717) is 13.2 Å². The van der Waals surface area contributed by atoms with Crippen molar-refractivity contribution in [1.29, 1.82) is 0 Å². The molecule has 7 heteroatoms. The van der Waals surface area contributed by atoms with Crippen LogP contribution in [0.2, 0.25) is 0 Å². The second-order valence-corrected chi connectivity index (χ2v) is 11.3. The molecule has 0 bridgehead atoms. The van der Waals surface area contributed by atoms with Crippen molar-refractivity contribution in [2.75, 3.05) is 13.2 Å². The highest BCUT2D eigenvalue weighted by molar-refractivity contribution is 9.10. The summed E-state index contributed by atoms with van der Waals surface area (Å²) in [4.78, 5) is 1.03. The Labute approximate surface area is 170 Å². The lowest BCUT2D eigenvalue weighted by Gasteiger charge is -2.35. The smallest absolute Gasteiger partial charge is 0.193 e. The Hall–Kier alpha value is -0.410. The summed E-state index contributed by atoms with van der Waals surface area (Å²) in [6, 6.07) is 10.2. The van der Waals surface area contributed by atoms with Crippen LogP contribution >= 0.6 is 27.3 Å². The molecule has 0 unspecified atom stereocenters. The third-order valence-corrected chi connectivity index (χ3v) is 7.46. The van der Waals surface area contributed by atoms with Crippen LogP contribution in [0.25, 0.3) is 0 Å². The van der Waals surface area contributed by atoms with Gasteiger partial charge in [-0.1, -0.05) is 28.1 Å². The van der Waals surface area contributed by atoms with Gasteiger partial charge in [-0.05, 0) is 62.4 Å². The number of thiophene rings is 1. The number of benzene rings is 1. The number of hydrogen-bond donors (Lipinski definition) is 1. The summed E-state index contributed by atoms with van der Waals surface area (Å²) in [6.45, 7) is 9.21. The molecule has 3 rings (SSSR count). The van der Waals surface area contributed by atoms with Crippen LogP contribution in [0, 0.1) is 0 Å². The first-order valence-electron chi connectivity index (χ1n) is 8.48. The Kier molecular flexibility index (Phi) is 6.19. The van der Waals surface area contributed by atoms with Crippen molar-refractivity contribution in [2.45, 2.75) is 44.3 Å². The number of rotatable bonds is 5. The molecule has 1 saturated heterocycles. The maximum atomic E-state index is 12.9. The molecule has 0 aliphatic carbocycles. The standard InChI is InChI=1S/C19H24BrNO3S2/c1-18(2,3)26(22)21-19(4,13-6-5-7-15(20)10-13)14-11-16(25-12-14)17-23-8-9-24-17/h5-7,10-12,17,21H,8-9H2,1-4H3/t19-,26-/m1/s1. The second kappa shape index (κ2) is 7.91. The molecule has 2 aromatic rings. The molecule has 0 radical (unpaired) electrons.